The van der Waals surface area contributed by atoms with Gasteiger partial charge >= 0.3 is 0 Å². The van der Waals surface area contributed by atoms with E-state index in [1.165, 1.54) is 0 Å². The number of hydrogen-bond donors (Lipinski definition) is 0. The van der Waals surface area contributed by atoms with E-state index in [1.54, 1.807) is 0 Å². The zero-order valence-electron chi connectivity index (χ0n) is 3.73. The van der Waals surface area contributed by atoms with Gasteiger partial charge in [0.15, 0.2) is 0 Å². The molecule has 0 saturated heterocycles. The molecule has 0 heterocycles. The van der Waals surface area contributed by atoms with Crippen molar-refractivity contribution in [1.29, 1.82) is 0 Å². The standard InChI is InChI=1S/C4H6Cl2O/c5-2-1-4(6)3-7/h3-4H,1-2H2. The van der Waals surface area contributed by atoms with Crippen LogP contribution in [-0.4, -0.2) is 17.5 Å². The summed E-state index contributed by atoms with van der Waals surface area (Å²) in [5.41, 5.74) is 0. The van der Waals surface area contributed by atoms with Crippen LogP contribution in [-0.2, 0) is 4.79 Å². The van der Waals surface area contributed by atoms with Gasteiger partial charge in [0.1, 0.15) is 6.29 Å². The minimum atomic E-state index is -0.391. The third kappa shape index (κ3) is 4.10. The van der Waals surface area contributed by atoms with Gasteiger partial charge in [0, 0.05) is 5.88 Å². The van der Waals surface area contributed by atoms with Gasteiger partial charge in [0.05, 0.1) is 5.38 Å². The monoisotopic (exact) mass is 140 g/mol. The Bertz CT molecular complexity index is 55.7. The van der Waals surface area contributed by atoms with Crippen LogP contribution < -0.4 is 0 Å². The first-order chi connectivity index (χ1) is 3.31. The van der Waals surface area contributed by atoms with Crippen LogP contribution in [0.4, 0.5) is 0 Å². The molecule has 0 spiro atoms. The molecule has 0 radical (unpaired) electrons. The zero-order chi connectivity index (χ0) is 5.70. The Balaban J connectivity index is 2.98. The first-order valence-electron chi connectivity index (χ1n) is 1.96. The molecule has 7 heavy (non-hydrogen) atoms. The van der Waals surface area contributed by atoms with E-state index in [0.29, 0.717) is 18.6 Å². The highest BCUT2D eigenvalue weighted by Crippen LogP contribution is 1.97. The minimum Gasteiger partial charge on any atom is -0.302 e. The van der Waals surface area contributed by atoms with Crippen LogP contribution in [0.3, 0.4) is 0 Å². The van der Waals surface area contributed by atoms with E-state index in [4.69, 9.17) is 23.2 Å². The fourth-order valence-electron chi connectivity index (χ4n) is 0.172. The van der Waals surface area contributed by atoms with Crippen LogP contribution in [0.5, 0.6) is 0 Å². The lowest BCUT2D eigenvalue weighted by Gasteiger charge is -1.91. The van der Waals surface area contributed by atoms with Crippen LogP contribution >= 0.6 is 23.2 Å². The van der Waals surface area contributed by atoms with Gasteiger partial charge in [-0.25, -0.2) is 0 Å². The third-order valence-electron chi connectivity index (χ3n) is 0.533. The van der Waals surface area contributed by atoms with E-state index in [2.05, 4.69) is 0 Å². The second-order valence-electron chi connectivity index (χ2n) is 1.13. The van der Waals surface area contributed by atoms with E-state index in [0.717, 1.165) is 0 Å². The Labute approximate surface area is 52.6 Å². The SMILES string of the molecule is O=CC(Cl)CCCl. The summed E-state index contributed by atoms with van der Waals surface area (Å²) in [6, 6.07) is 0. The number of hydrogen-bond acceptors (Lipinski definition) is 1. The highest BCUT2D eigenvalue weighted by atomic mass is 35.5. The summed E-state index contributed by atoms with van der Waals surface area (Å²) >= 11 is 10.5. The lowest BCUT2D eigenvalue weighted by atomic mass is 10.4. The normalized spacial score (nSPS) is 13.4. The molecule has 1 atom stereocenters. The van der Waals surface area contributed by atoms with Crippen LogP contribution in [0.2, 0.25) is 0 Å². The lowest BCUT2D eigenvalue weighted by Crippen LogP contribution is -1.98. The number of carbonyl (C=O) groups is 1. The van der Waals surface area contributed by atoms with E-state index >= 15 is 0 Å². The van der Waals surface area contributed by atoms with E-state index in [1.807, 2.05) is 0 Å². The van der Waals surface area contributed by atoms with E-state index < -0.39 is 5.38 Å². The first-order valence-corrected chi connectivity index (χ1v) is 2.93. The Morgan fingerprint density at radius 3 is 2.43 bits per heavy atom. The van der Waals surface area contributed by atoms with Crippen molar-refractivity contribution < 1.29 is 4.79 Å². The summed E-state index contributed by atoms with van der Waals surface area (Å²) in [5.74, 6) is 0.451. The molecule has 0 saturated carbocycles. The van der Waals surface area contributed by atoms with Gasteiger partial charge in [-0.05, 0) is 6.42 Å². The van der Waals surface area contributed by atoms with Crippen molar-refractivity contribution in [3.8, 4) is 0 Å². The summed E-state index contributed by atoms with van der Waals surface area (Å²) < 4.78 is 0. The smallest absolute Gasteiger partial charge is 0.137 e. The number of rotatable bonds is 3. The molecule has 0 aromatic rings. The maximum Gasteiger partial charge on any atom is 0.137 e. The van der Waals surface area contributed by atoms with Crippen molar-refractivity contribution in [1.82, 2.24) is 0 Å². The molecule has 1 unspecified atom stereocenters. The Hall–Kier alpha value is 0.250. The molecular weight excluding hydrogens is 135 g/mol. The second kappa shape index (κ2) is 4.41. The largest absolute Gasteiger partial charge is 0.302 e. The molecule has 0 aliphatic rings. The van der Waals surface area contributed by atoms with Gasteiger partial charge in [-0.3, -0.25) is 0 Å². The van der Waals surface area contributed by atoms with Crippen molar-refractivity contribution in [2.75, 3.05) is 5.88 Å². The quantitative estimate of drug-likeness (QED) is 0.429. The van der Waals surface area contributed by atoms with Gasteiger partial charge in [0.2, 0.25) is 0 Å². The zero-order valence-corrected chi connectivity index (χ0v) is 5.24. The van der Waals surface area contributed by atoms with Crippen molar-refractivity contribution in [2.24, 2.45) is 0 Å². The number of carbonyl (C=O) groups excluding carboxylic acids is 1. The average molecular weight is 141 g/mol. The van der Waals surface area contributed by atoms with Crippen LogP contribution in [0.25, 0.3) is 0 Å². The van der Waals surface area contributed by atoms with Gasteiger partial charge < -0.3 is 4.79 Å². The third-order valence-corrected chi connectivity index (χ3v) is 1.07. The number of alkyl halides is 2. The van der Waals surface area contributed by atoms with Crippen molar-refractivity contribution in [3.05, 3.63) is 0 Å². The first kappa shape index (κ1) is 7.25. The molecule has 0 aromatic heterocycles. The summed E-state index contributed by atoms with van der Waals surface area (Å²) in [6.45, 7) is 0. The van der Waals surface area contributed by atoms with Gasteiger partial charge in [-0.2, -0.15) is 0 Å². The molecule has 3 heteroatoms. The van der Waals surface area contributed by atoms with Crippen molar-refractivity contribution in [3.63, 3.8) is 0 Å². The maximum atomic E-state index is 9.70. The molecule has 0 rings (SSSR count). The molecule has 0 fully saturated rings. The van der Waals surface area contributed by atoms with Crippen LogP contribution in [0, 0.1) is 0 Å². The summed E-state index contributed by atoms with van der Waals surface area (Å²) in [7, 11) is 0. The molecule has 0 N–H and O–H groups in total. The van der Waals surface area contributed by atoms with E-state index in [-0.39, 0.29) is 0 Å². The van der Waals surface area contributed by atoms with Gasteiger partial charge in [-0.15, -0.1) is 23.2 Å². The lowest BCUT2D eigenvalue weighted by molar-refractivity contribution is -0.107. The summed E-state index contributed by atoms with van der Waals surface area (Å²) in [5, 5.41) is -0.391. The average Bonchev–Trinajstić information content (AvgIpc) is 1.68. The maximum absolute atomic E-state index is 9.70. The molecule has 0 aliphatic heterocycles. The predicted molar refractivity (Wildman–Crippen MR) is 31.0 cm³/mol. The van der Waals surface area contributed by atoms with E-state index in [9.17, 15) is 4.79 Å². The Kier molecular flexibility index (Phi) is 4.57. The van der Waals surface area contributed by atoms with Crippen LogP contribution in [0.1, 0.15) is 6.42 Å². The summed E-state index contributed by atoms with van der Waals surface area (Å²) in [6.07, 6.45) is 1.25. The van der Waals surface area contributed by atoms with Crippen molar-refractivity contribution in [2.45, 2.75) is 11.8 Å². The second-order valence-corrected chi connectivity index (χ2v) is 2.07. The van der Waals surface area contributed by atoms with Crippen molar-refractivity contribution >= 4 is 29.5 Å². The highest BCUT2D eigenvalue weighted by molar-refractivity contribution is 6.28. The highest BCUT2D eigenvalue weighted by Gasteiger charge is 1.97. The Morgan fingerprint density at radius 1 is 1.71 bits per heavy atom. The molecule has 42 valence electrons. The minimum absolute atomic E-state index is 0.391. The molecular formula is C4H6Cl2O. The molecule has 0 aromatic carbocycles. The van der Waals surface area contributed by atoms with Gasteiger partial charge in [-0.1, -0.05) is 0 Å². The fraction of sp³-hybridized carbons (Fsp3) is 0.750. The number of halogens is 2. The number of aldehydes is 1. The van der Waals surface area contributed by atoms with Gasteiger partial charge in [0.25, 0.3) is 0 Å². The Morgan fingerprint density at radius 2 is 2.29 bits per heavy atom. The molecule has 0 aliphatic carbocycles. The predicted octanol–water partition coefficient (Wildman–Crippen LogP) is 1.42. The van der Waals surface area contributed by atoms with Crippen LogP contribution in [0.15, 0.2) is 0 Å². The molecule has 0 bridgehead atoms. The molecule has 1 nitrogen and oxygen atoms in total. The molecule has 0 amide bonds. The fourth-order valence-corrected chi connectivity index (χ4v) is 0.628. The summed E-state index contributed by atoms with van der Waals surface area (Å²) in [4.78, 5) is 9.70. The topological polar surface area (TPSA) is 17.1 Å².